The lowest BCUT2D eigenvalue weighted by Gasteiger charge is -2.36. The van der Waals surface area contributed by atoms with Crippen molar-refractivity contribution in [2.24, 2.45) is 23.0 Å². The fourth-order valence-corrected chi connectivity index (χ4v) is 3.40. The third kappa shape index (κ3) is 2.98. The molecule has 2 fully saturated rings. The molecule has 0 aromatic rings. The molecule has 2 heteroatoms. The lowest BCUT2D eigenvalue weighted by molar-refractivity contribution is 0.189. The summed E-state index contributed by atoms with van der Waals surface area (Å²) in [6, 6.07) is 0.495. The number of hydrogen-bond donors (Lipinski definition) is 2. The van der Waals surface area contributed by atoms with Crippen molar-refractivity contribution in [2.45, 2.75) is 58.4 Å². The summed E-state index contributed by atoms with van der Waals surface area (Å²) in [6.45, 7) is 7.23. The van der Waals surface area contributed by atoms with Gasteiger partial charge in [0.25, 0.3) is 0 Å². The van der Waals surface area contributed by atoms with Crippen molar-refractivity contribution in [3.8, 4) is 0 Å². The molecule has 0 unspecified atom stereocenters. The minimum absolute atomic E-state index is 0.488. The Bertz CT molecular complexity index is 213. The lowest BCUT2D eigenvalue weighted by Crippen LogP contribution is -2.44. The first-order chi connectivity index (χ1) is 7.58. The summed E-state index contributed by atoms with van der Waals surface area (Å²) < 4.78 is 0. The van der Waals surface area contributed by atoms with E-state index in [0.717, 1.165) is 11.8 Å². The van der Waals surface area contributed by atoms with Crippen molar-refractivity contribution in [1.82, 2.24) is 5.32 Å². The average Bonchev–Trinajstić information content (AvgIpc) is 2.68. The van der Waals surface area contributed by atoms with E-state index in [0.29, 0.717) is 11.5 Å². The second-order valence-corrected chi connectivity index (χ2v) is 6.70. The Morgan fingerprint density at radius 1 is 1.19 bits per heavy atom. The van der Waals surface area contributed by atoms with Crippen LogP contribution in [-0.2, 0) is 0 Å². The summed E-state index contributed by atoms with van der Waals surface area (Å²) in [5.41, 5.74) is 6.29. The Labute approximate surface area is 100 Å². The van der Waals surface area contributed by atoms with Gasteiger partial charge in [0.2, 0.25) is 0 Å². The highest BCUT2D eigenvalue weighted by molar-refractivity contribution is 4.87. The SMILES string of the molecule is CC(C)(CNCC1CC(N)C1)C1CCCC1. The zero-order valence-electron chi connectivity index (χ0n) is 11.0. The Balaban J connectivity index is 1.64. The fourth-order valence-electron chi connectivity index (χ4n) is 3.40. The maximum absolute atomic E-state index is 5.80. The maximum atomic E-state index is 5.80. The van der Waals surface area contributed by atoms with Gasteiger partial charge in [0.1, 0.15) is 0 Å². The highest BCUT2D eigenvalue weighted by atomic mass is 14.9. The van der Waals surface area contributed by atoms with Gasteiger partial charge < -0.3 is 11.1 Å². The van der Waals surface area contributed by atoms with Gasteiger partial charge in [0.05, 0.1) is 0 Å². The normalized spacial score (nSPS) is 31.7. The van der Waals surface area contributed by atoms with Gasteiger partial charge in [-0.1, -0.05) is 26.7 Å². The Kier molecular flexibility index (Phi) is 3.91. The van der Waals surface area contributed by atoms with E-state index in [4.69, 9.17) is 5.73 Å². The molecule has 0 aliphatic heterocycles. The molecule has 0 heterocycles. The van der Waals surface area contributed by atoms with Crippen molar-refractivity contribution < 1.29 is 0 Å². The maximum Gasteiger partial charge on any atom is 0.00450 e. The standard InChI is InChI=1S/C14H28N2/c1-14(2,12-5-3-4-6-12)10-16-9-11-7-13(15)8-11/h11-13,16H,3-10,15H2,1-2H3. The first kappa shape index (κ1) is 12.4. The topological polar surface area (TPSA) is 38.0 Å². The molecule has 94 valence electrons. The smallest absolute Gasteiger partial charge is 0.00450 e. The molecule has 3 N–H and O–H groups in total. The Hall–Kier alpha value is -0.0800. The summed E-state index contributed by atoms with van der Waals surface area (Å²) in [5.74, 6) is 1.80. The van der Waals surface area contributed by atoms with Crippen molar-refractivity contribution >= 4 is 0 Å². The van der Waals surface area contributed by atoms with Crippen molar-refractivity contribution in [3.05, 3.63) is 0 Å². The van der Waals surface area contributed by atoms with E-state index in [-0.39, 0.29) is 0 Å². The van der Waals surface area contributed by atoms with Crippen LogP contribution in [0.25, 0.3) is 0 Å². The first-order valence-corrected chi connectivity index (χ1v) is 7.04. The van der Waals surface area contributed by atoms with E-state index in [1.807, 2.05) is 0 Å². The molecule has 16 heavy (non-hydrogen) atoms. The molecule has 2 rings (SSSR count). The molecule has 2 nitrogen and oxygen atoms in total. The molecular weight excluding hydrogens is 196 g/mol. The average molecular weight is 224 g/mol. The predicted molar refractivity (Wildman–Crippen MR) is 69.3 cm³/mol. The van der Waals surface area contributed by atoms with Gasteiger partial charge in [-0.25, -0.2) is 0 Å². The minimum atomic E-state index is 0.488. The van der Waals surface area contributed by atoms with Gasteiger partial charge in [-0.3, -0.25) is 0 Å². The van der Waals surface area contributed by atoms with E-state index in [9.17, 15) is 0 Å². The third-order valence-corrected chi connectivity index (χ3v) is 4.75. The highest BCUT2D eigenvalue weighted by Crippen LogP contribution is 2.39. The summed E-state index contributed by atoms with van der Waals surface area (Å²) in [7, 11) is 0. The van der Waals surface area contributed by atoms with E-state index in [2.05, 4.69) is 19.2 Å². The molecule has 0 spiro atoms. The molecule has 2 aliphatic carbocycles. The monoisotopic (exact) mass is 224 g/mol. The molecule has 0 amide bonds. The van der Waals surface area contributed by atoms with Crippen LogP contribution in [0.1, 0.15) is 52.4 Å². The number of nitrogens with two attached hydrogens (primary N) is 1. The van der Waals surface area contributed by atoms with Crippen molar-refractivity contribution in [1.29, 1.82) is 0 Å². The summed E-state index contributed by atoms with van der Waals surface area (Å²) in [4.78, 5) is 0. The van der Waals surface area contributed by atoms with E-state index >= 15 is 0 Å². The summed E-state index contributed by atoms with van der Waals surface area (Å²) in [5, 5.41) is 3.67. The molecule has 0 aromatic carbocycles. The Morgan fingerprint density at radius 2 is 1.81 bits per heavy atom. The molecule has 2 saturated carbocycles. The summed E-state index contributed by atoms with van der Waals surface area (Å²) in [6.07, 6.45) is 8.26. The first-order valence-electron chi connectivity index (χ1n) is 7.04. The molecule has 0 radical (unpaired) electrons. The highest BCUT2D eigenvalue weighted by Gasteiger charge is 2.32. The van der Waals surface area contributed by atoms with Gasteiger partial charge in [-0.05, 0) is 49.5 Å². The lowest BCUT2D eigenvalue weighted by atomic mass is 9.77. The van der Waals surface area contributed by atoms with Crippen LogP contribution in [0, 0.1) is 17.3 Å². The minimum Gasteiger partial charge on any atom is -0.328 e. The molecule has 0 aromatic heterocycles. The molecular formula is C14H28N2. The second kappa shape index (κ2) is 5.05. The van der Waals surface area contributed by atoms with E-state index in [1.165, 1.54) is 51.6 Å². The van der Waals surface area contributed by atoms with Crippen LogP contribution in [0.3, 0.4) is 0 Å². The van der Waals surface area contributed by atoms with Gasteiger partial charge in [-0.15, -0.1) is 0 Å². The Morgan fingerprint density at radius 3 is 2.38 bits per heavy atom. The van der Waals surface area contributed by atoms with Gasteiger partial charge >= 0.3 is 0 Å². The molecule has 0 saturated heterocycles. The number of rotatable bonds is 5. The fraction of sp³-hybridized carbons (Fsp3) is 1.00. The van der Waals surface area contributed by atoms with E-state index < -0.39 is 0 Å². The molecule has 0 atom stereocenters. The van der Waals surface area contributed by atoms with Crippen LogP contribution in [0.2, 0.25) is 0 Å². The molecule has 2 aliphatic rings. The molecule has 0 bridgehead atoms. The summed E-state index contributed by atoms with van der Waals surface area (Å²) >= 11 is 0. The quantitative estimate of drug-likeness (QED) is 0.753. The number of hydrogen-bond acceptors (Lipinski definition) is 2. The van der Waals surface area contributed by atoms with Gasteiger partial charge in [0.15, 0.2) is 0 Å². The van der Waals surface area contributed by atoms with Gasteiger partial charge in [0, 0.05) is 12.6 Å². The zero-order chi connectivity index (χ0) is 11.6. The zero-order valence-corrected chi connectivity index (χ0v) is 11.0. The van der Waals surface area contributed by atoms with Crippen LogP contribution in [-0.4, -0.2) is 19.1 Å². The van der Waals surface area contributed by atoms with E-state index in [1.54, 1.807) is 0 Å². The number of nitrogens with one attached hydrogen (secondary N) is 1. The third-order valence-electron chi connectivity index (χ3n) is 4.75. The van der Waals surface area contributed by atoms with Crippen LogP contribution in [0.5, 0.6) is 0 Å². The van der Waals surface area contributed by atoms with Crippen LogP contribution in [0.15, 0.2) is 0 Å². The second-order valence-electron chi connectivity index (χ2n) is 6.70. The van der Waals surface area contributed by atoms with Crippen LogP contribution < -0.4 is 11.1 Å². The predicted octanol–water partition coefficient (Wildman–Crippen LogP) is 2.53. The van der Waals surface area contributed by atoms with Crippen LogP contribution >= 0.6 is 0 Å². The van der Waals surface area contributed by atoms with Crippen molar-refractivity contribution in [2.75, 3.05) is 13.1 Å². The largest absolute Gasteiger partial charge is 0.328 e. The van der Waals surface area contributed by atoms with Gasteiger partial charge in [-0.2, -0.15) is 0 Å². The van der Waals surface area contributed by atoms with Crippen molar-refractivity contribution in [3.63, 3.8) is 0 Å². The van der Waals surface area contributed by atoms with Crippen LogP contribution in [0.4, 0.5) is 0 Å².